The maximum Gasteiger partial charge on any atom is 0.471 e. The summed E-state index contributed by atoms with van der Waals surface area (Å²) in [5.74, 6) is -3.31. The van der Waals surface area contributed by atoms with Gasteiger partial charge in [-0.2, -0.15) is 13.2 Å². The first-order valence-corrected chi connectivity index (χ1v) is 6.52. The molecule has 0 aliphatic carbocycles. The standard InChI is InChI=1S/C14H16F4N2O3/c1-13(2,3)23-12(22)19-7-8-4-5-9(15)10(6-8)20-11(21)14(16,17)18/h4-6H,7H2,1-3H3,(H,19,22)(H,20,21). The summed E-state index contributed by atoms with van der Waals surface area (Å²) in [5.41, 5.74) is -1.05. The molecule has 128 valence electrons. The highest BCUT2D eigenvalue weighted by atomic mass is 19.4. The first-order valence-electron chi connectivity index (χ1n) is 6.52. The molecule has 1 aromatic carbocycles. The zero-order valence-corrected chi connectivity index (χ0v) is 12.7. The number of ether oxygens (including phenoxy) is 1. The lowest BCUT2D eigenvalue weighted by atomic mass is 10.2. The van der Waals surface area contributed by atoms with Gasteiger partial charge in [0, 0.05) is 6.54 Å². The van der Waals surface area contributed by atoms with Crippen LogP contribution in [0.5, 0.6) is 0 Å². The van der Waals surface area contributed by atoms with Gasteiger partial charge >= 0.3 is 18.2 Å². The Kier molecular flexibility index (Phi) is 5.57. The van der Waals surface area contributed by atoms with Gasteiger partial charge < -0.3 is 15.4 Å². The van der Waals surface area contributed by atoms with Gasteiger partial charge in [0.2, 0.25) is 0 Å². The summed E-state index contributed by atoms with van der Waals surface area (Å²) in [5, 5.41) is 3.80. The lowest BCUT2D eigenvalue weighted by Gasteiger charge is -2.19. The van der Waals surface area contributed by atoms with E-state index in [2.05, 4.69) is 5.32 Å². The minimum atomic E-state index is -5.13. The first-order chi connectivity index (χ1) is 10.4. The number of benzene rings is 1. The van der Waals surface area contributed by atoms with Crippen molar-refractivity contribution in [1.29, 1.82) is 0 Å². The molecular formula is C14H16F4N2O3. The predicted molar refractivity (Wildman–Crippen MR) is 74.2 cm³/mol. The van der Waals surface area contributed by atoms with E-state index in [1.165, 1.54) is 11.4 Å². The molecule has 0 fully saturated rings. The van der Waals surface area contributed by atoms with Crippen molar-refractivity contribution >= 4 is 17.7 Å². The van der Waals surface area contributed by atoms with Crippen molar-refractivity contribution in [2.75, 3.05) is 5.32 Å². The van der Waals surface area contributed by atoms with Gasteiger partial charge in [-0.05, 0) is 38.5 Å². The number of hydrogen-bond donors (Lipinski definition) is 2. The molecule has 0 aromatic heterocycles. The van der Waals surface area contributed by atoms with Gasteiger partial charge in [-0.15, -0.1) is 0 Å². The van der Waals surface area contributed by atoms with E-state index < -0.39 is 35.3 Å². The number of hydrogen-bond acceptors (Lipinski definition) is 3. The minimum Gasteiger partial charge on any atom is -0.444 e. The predicted octanol–water partition coefficient (Wildman–Crippen LogP) is 3.35. The number of anilines is 1. The quantitative estimate of drug-likeness (QED) is 0.832. The molecule has 5 nitrogen and oxygen atoms in total. The Morgan fingerprint density at radius 1 is 1.17 bits per heavy atom. The monoisotopic (exact) mass is 336 g/mol. The lowest BCUT2D eigenvalue weighted by molar-refractivity contribution is -0.167. The van der Waals surface area contributed by atoms with E-state index in [4.69, 9.17) is 4.74 Å². The average molecular weight is 336 g/mol. The highest BCUT2D eigenvalue weighted by Crippen LogP contribution is 2.21. The highest BCUT2D eigenvalue weighted by Gasteiger charge is 2.39. The van der Waals surface area contributed by atoms with E-state index in [1.54, 1.807) is 20.8 Å². The van der Waals surface area contributed by atoms with E-state index in [-0.39, 0.29) is 12.1 Å². The fraction of sp³-hybridized carbons (Fsp3) is 0.429. The van der Waals surface area contributed by atoms with Crippen LogP contribution in [-0.2, 0) is 16.1 Å². The fourth-order valence-corrected chi connectivity index (χ4v) is 1.46. The smallest absolute Gasteiger partial charge is 0.444 e. The number of nitrogens with one attached hydrogen (secondary N) is 2. The molecule has 0 spiro atoms. The van der Waals surface area contributed by atoms with Crippen LogP contribution in [0.3, 0.4) is 0 Å². The van der Waals surface area contributed by atoms with Crippen molar-refractivity contribution in [3.05, 3.63) is 29.6 Å². The molecule has 0 bridgehead atoms. The number of carbonyl (C=O) groups is 2. The maximum atomic E-state index is 13.4. The van der Waals surface area contributed by atoms with Crippen LogP contribution in [0.2, 0.25) is 0 Å². The average Bonchev–Trinajstić information content (AvgIpc) is 2.36. The van der Waals surface area contributed by atoms with Crippen molar-refractivity contribution in [2.24, 2.45) is 0 Å². The molecule has 1 aromatic rings. The number of halogens is 4. The minimum absolute atomic E-state index is 0.107. The zero-order chi connectivity index (χ0) is 17.8. The van der Waals surface area contributed by atoms with Crippen molar-refractivity contribution in [1.82, 2.24) is 5.32 Å². The molecule has 9 heteroatoms. The van der Waals surface area contributed by atoms with Crippen molar-refractivity contribution < 1.29 is 31.9 Å². The van der Waals surface area contributed by atoms with Crippen LogP contribution in [0, 0.1) is 5.82 Å². The number of amides is 2. The summed E-state index contributed by atoms with van der Waals surface area (Å²) in [6.07, 6.45) is -5.86. The Morgan fingerprint density at radius 3 is 2.30 bits per heavy atom. The Balaban J connectivity index is 2.74. The van der Waals surface area contributed by atoms with Gasteiger partial charge in [-0.3, -0.25) is 4.79 Å². The summed E-state index contributed by atoms with van der Waals surface area (Å²) in [4.78, 5) is 22.3. The third-order valence-corrected chi connectivity index (χ3v) is 2.37. The van der Waals surface area contributed by atoms with Gasteiger partial charge in [0.05, 0.1) is 5.69 Å². The van der Waals surface area contributed by atoms with E-state index >= 15 is 0 Å². The second-order valence-electron chi connectivity index (χ2n) is 5.62. The Labute approximate surface area is 130 Å². The molecule has 0 saturated heterocycles. The molecule has 0 atom stereocenters. The molecule has 0 aliphatic heterocycles. The summed E-state index contributed by atoms with van der Waals surface area (Å²) in [6, 6.07) is 3.14. The Bertz CT molecular complexity index is 595. The largest absolute Gasteiger partial charge is 0.471 e. The SMILES string of the molecule is CC(C)(C)OC(=O)NCc1ccc(F)c(NC(=O)C(F)(F)F)c1. The molecule has 0 heterocycles. The van der Waals surface area contributed by atoms with Crippen LogP contribution in [0.1, 0.15) is 26.3 Å². The molecule has 2 N–H and O–H groups in total. The molecule has 0 saturated carbocycles. The molecule has 2 amide bonds. The third-order valence-electron chi connectivity index (χ3n) is 2.37. The maximum absolute atomic E-state index is 13.4. The molecular weight excluding hydrogens is 320 g/mol. The second-order valence-corrected chi connectivity index (χ2v) is 5.62. The van der Waals surface area contributed by atoms with Gasteiger partial charge in [0.25, 0.3) is 0 Å². The fourth-order valence-electron chi connectivity index (χ4n) is 1.46. The first kappa shape index (κ1) is 18.7. The summed E-state index contributed by atoms with van der Waals surface area (Å²) in [6.45, 7) is 4.88. The Hall–Kier alpha value is -2.32. The van der Waals surface area contributed by atoms with E-state index in [0.29, 0.717) is 0 Å². The lowest BCUT2D eigenvalue weighted by Crippen LogP contribution is -2.32. The normalized spacial score (nSPS) is 11.8. The van der Waals surface area contributed by atoms with E-state index in [9.17, 15) is 27.2 Å². The van der Waals surface area contributed by atoms with Gasteiger partial charge in [-0.25, -0.2) is 9.18 Å². The van der Waals surface area contributed by atoms with Crippen molar-refractivity contribution in [3.63, 3.8) is 0 Å². The van der Waals surface area contributed by atoms with E-state index in [1.807, 2.05) is 0 Å². The van der Waals surface area contributed by atoms with Crippen LogP contribution >= 0.6 is 0 Å². The van der Waals surface area contributed by atoms with Crippen molar-refractivity contribution in [3.8, 4) is 0 Å². The van der Waals surface area contributed by atoms with Crippen LogP contribution < -0.4 is 10.6 Å². The van der Waals surface area contributed by atoms with Crippen LogP contribution in [0.15, 0.2) is 18.2 Å². The van der Waals surface area contributed by atoms with Crippen LogP contribution in [0.4, 0.5) is 28.0 Å². The topological polar surface area (TPSA) is 67.4 Å². The van der Waals surface area contributed by atoms with Gasteiger partial charge in [-0.1, -0.05) is 6.07 Å². The second kappa shape index (κ2) is 6.84. The van der Waals surface area contributed by atoms with Crippen molar-refractivity contribution in [2.45, 2.75) is 39.1 Å². The highest BCUT2D eigenvalue weighted by molar-refractivity contribution is 5.95. The summed E-state index contributed by atoms with van der Waals surface area (Å²) < 4.78 is 54.9. The molecule has 1 rings (SSSR count). The van der Waals surface area contributed by atoms with Crippen LogP contribution in [-0.4, -0.2) is 23.8 Å². The summed E-state index contributed by atoms with van der Waals surface area (Å²) >= 11 is 0. The van der Waals surface area contributed by atoms with Gasteiger partial charge in [0.1, 0.15) is 11.4 Å². The van der Waals surface area contributed by atoms with Crippen LogP contribution in [0.25, 0.3) is 0 Å². The van der Waals surface area contributed by atoms with Gasteiger partial charge in [0.15, 0.2) is 0 Å². The number of alkyl carbamates (subject to hydrolysis) is 1. The number of carbonyl (C=O) groups excluding carboxylic acids is 2. The summed E-state index contributed by atoms with van der Waals surface area (Å²) in [7, 11) is 0. The Morgan fingerprint density at radius 2 is 1.78 bits per heavy atom. The number of rotatable bonds is 3. The molecule has 0 unspecified atom stereocenters. The number of alkyl halides is 3. The molecule has 23 heavy (non-hydrogen) atoms. The molecule has 0 radical (unpaired) electrons. The van der Waals surface area contributed by atoms with E-state index in [0.717, 1.165) is 12.1 Å². The molecule has 0 aliphatic rings. The third kappa shape index (κ3) is 6.54. The zero-order valence-electron chi connectivity index (χ0n) is 12.7.